The van der Waals surface area contributed by atoms with E-state index in [0.717, 1.165) is 5.69 Å². The lowest BCUT2D eigenvalue weighted by atomic mass is 10.2. The van der Waals surface area contributed by atoms with Crippen molar-refractivity contribution < 1.29 is 14.3 Å². The molecule has 0 unspecified atom stereocenters. The largest absolute Gasteiger partial charge is 0.497 e. The molecule has 1 aromatic heterocycles. The minimum absolute atomic E-state index is 0.216. The van der Waals surface area contributed by atoms with Crippen molar-refractivity contribution in [3.05, 3.63) is 84.2 Å². The molecule has 3 aromatic rings. The number of benzene rings is 2. The van der Waals surface area contributed by atoms with Crippen LogP contribution in [-0.2, 0) is 0 Å². The molecule has 1 heterocycles. The van der Waals surface area contributed by atoms with E-state index in [1.54, 1.807) is 42.3 Å². The number of hydrogen-bond donors (Lipinski definition) is 1. The summed E-state index contributed by atoms with van der Waals surface area (Å²) in [7, 11) is 1.58. The van der Waals surface area contributed by atoms with E-state index in [9.17, 15) is 9.59 Å². The average Bonchev–Trinajstić information content (AvgIpc) is 2.75. The smallest absolute Gasteiger partial charge is 0.276 e. The molecule has 2 amide bonds. The number of methoxy groups -OCH3 is 1. The molecule has 0 saturated heterocycles. The lowest BCUT2D eigenvalue weighted by Gasteiger charge is -2.20. The Morgan fingerprint density at radius 3 is 2.39 bits per heavy atom. The van der Waals surface area contributed by atoms with Crippen LogP contribution in [0.3, 0.4) is 0 Å². The third-order valence-electron chi connectivity index (χ3n) is 4.22. The summed E-state index contributed by atoms with van der Waals surface area (Å²) in [5.41, 5.74) is 1.99. The monoisotopic (exact) mass is 375 g/mol. The van der Waals surface area contributed by atoms with Gasteiger partial charge in [-0.25, -0.2) is 0 Å². The van der Waals surface area contributed by atoms with Gasteiger partial charge in [0.2, 0.25) is 0 Å². The number of carbonyl (C=O) groups is 2. The van der Waals surface area contributed by atoms with Crippen molar-refractivity contribution in [3.8, 4) is 5.75 Å². The van der Waals surface area contributed by atoms with Crippen molar-refractivity contribution in [2.24, 2.45) is 0 Å². The topological polar surface area (TPSA) is 71.5 Å². The van der Waals surface area contributed by atoms with Gasteiger partial charge in [0.15, 0.2) is 0 Å². The van der Waals surface area contributed by atoms with E-state index < -0.39 is 0 Å². The second-order valence-corrected chi connectivity index (χ2v) is 6.00. The number of anilines is 2. The number of nitrogens with zero attached hydrogens (tertiary/aromatic N) is 2. The van der Waals surface area contributed by atoms with E-state index in [0.29, 0.717) is 23.5 Å². The van der Waals surface area contributed by atoms with E-state index in [-0.39, 0.29) is 17.5 Å². The molecule has 0 aliphatic heterocycles. The molecular formula is C22H21N3O3. The summed E-state index contributed by atoms with van der Waals surface area (Å²) in [5, 5.41) is 2.80. The summed E-state index contributed by atoms with van der Waals surface area (Å²) >= 11 is 0. The van der Waals surface area contributed by atoms with Gasteiger partial charge in [0.25, 0.3) is 11.8 Å². The molecule has 0 fully saturated rings. The van der Waals surface area contributed by atoms with E-state index in [2.05, 4.69) is 10.3 Å². The fourth-order valence-corrected chi connectivity index (χ4v) is 2.76. The van der Waals surface area contributed by atoms with Gasteiger partial charge in [-0.1, -0.05) is 18.2 Å². The highest BCUT2D eigenvalue weighted by Gasteiger charge is 2.19. The van der Waals surface area contributed by atoms with Gasteiger partial charge in [-0.05, 0) is 55.5 Å². The van der Waals surface area contributed by atoms with Crippen molar-refractivity contribution in [1.29, 1.82) is 0 Å². The van der Waals surface area contributed by atoms with Crippen LogP contribution in [0.2, 0.25) is 0 Å². The van der Waals surface area contributed by atoms with Crippen LogP contribution in [0.5, 0.6) is 5.75 Å². The summed E-state index contributed by atoms with van der Waals surface area (Å²) in [6.07, 6.45) is 1.47. The molecule has 0 saturated carbocycles. The van der Waals surface area contributed by atoms with Gasteiger partial charge in [0, 0.05) is 29.7 Å². The molecule has 0 bridgehead atoms. The Morgan fingerprint density at radius 2 is 1.75 bits per heavy atom. The lowest BCUT2D eigenvalue weighted by Crippen LogP contribution is -2.31. The lowest BCUT2D eigenvalue weighted by molar-refractivity contribution is 0.0983. The normalized spacial score (nSPS) is 10.2. The molecule has 3 rings (SSSR count). The van der Waals surface area contributed by atoms with Crippen LogP contribution in [0.25, 0.3) is 0 Å². The standard InChI is InChI=1S/C22H21N3O3/c1-3-25(18-7-5-4-6-8-18)22(27)20-15-16(13-14-23-20)21(26)24-17-9-11-19(28-2)12-10-17/h4-15H,3H2,1-2H3,(H,24,26). The van der Waals surface area contributed by atoms with E-state index in [1.165, 1.54) is 12.3 Å². The molecule has 1 N–H and O–H groups in total. The maximum Gasteiger partial charge on any atom is 0.276 e. The Hall–Kier alpha value is -3.67. The number of hydrogen-bond acceptors (Lipinski definition) is 4. The van der Waals surface area contributed by atoms with Crippen molar-refractivity contribution in [2.45, 2.75) is 6.92 Å². The fraction of sp³-hybridized carbons (Fsp3) is 0.136. The van der Waals surface area contributed by atoms with Crippen molar-refractivity contribution in [3.63, 3.8) is 0 Å². The predicted molar refractivity (Wildman–Crippen MR) is 109 cm³/mol. The summed E-state index contributed by atoms with van der Waals surface area (Å²) in [6, 6.07) is 19.5. The summed E-state index contributed by atoms with van der Waals surface area (Å²) in [5.74, 6) is 0.132. The molecule has 0 atom stereocenters. The molecule has 6 heteroatoms. The molecule has 28 heavy (non-hydrogen) atoms. The van der Waals surface area contributed by atoms with E-state index in [1.807, 2.05) is 37.3 Å². The van der Waals surface area contributed by atoms with Crippen molar-refractivity contribution in [1.82, 2.24) is 4.98 Å². The number of nitrogens with one attached hydrogen (secondary N) is 1. The number of aromatic nitrogens is 1. The van der Waals surface area contributed by atoms with Crippen LogP contribution in [-0.4, -0.2) is 30.5 Å². The first-order valence-corrected chi connectivity index (χ1v) is 8.90. The third kappa shape index (κ3) is 4.35. The number of amides is 2. The van der Waals surface area contributed by atoms with Crippen LogP contribution < -0.4 is 15.0 Å². The Morgan fingerprint density at radius 1 is 1.04 bits per heavy atom. The van der Waals surface area contributed by atoms with Gasteiger partial charge in [-0.15, -0.1) is 0 Å². The van der Waals surface area contributed by atoms with Crippen LogP contribution in [0, 0.1) is 0 Å². The first-order chi connectivity index (χ1) is 13.6. The Bertz CT molecular complexity index is 956. The first kappa shape index (κ1) is 19.1. The maximum absolute atomic E-state index is 12.9. The number of rotatable bonds is 6. The van der Waals surface area contributed by atoms with Crippen LogP contribution in [0.1, 0.15) is 27.8 Å². The highest BCUT2D eigenvalue weighted by Crippen LogP contribution is 2.18. The van der Waals surface area contributed by atoms with Gasteiger partial charge >= 0.3 is 0 Å². The SMILES string of the molecule is CCN(C(=O)c1cc(C(=O)Nc2ccc(OC)cc2)ccn1)c1ccccc1. The summed E-state index contributed by atoms with van der Waals surface area (Å²) in [6.45, 7) is 2.39. The molecule has 0 aliphatic rings. The van der Waals surface area contributed by atoms with Gasteiger partial charge in [0.1, 0.15) is 11.4 Å². The molecule has 6 nitrogen and oxygen atoms in total. The second kappa shape index (κ2) is 8.81. The van der Waals surface area contributed by atoms with Crippen LogP contribution in [0.15, 0.2) is 72.9 Å². The number of para-hydroxylation sites is 1. The molecule has 142 valence electrons. The molecular weight excluding hydrogens is 354 g/mol. The minimum atomic E-state index is -0.315. The predicted octanol–water partition coefficient (Wildman–Crippen LogP) is 4.01. The van der Waals surface area contributed by atoms with Gasteiger partial charge in [0.05, 0.1) is 7.11 Å². The Balaban J connectivity index is 1.78. The van der Waals surface area contributed by atoms with Gasteiger partial charge < -0.3 is 15.0 Å². The first-order valence-electron chi connectivity index (χ1n) is 8.90. The zero-order chi connectivity index (χ0) is 19.9. The quantitative estimate of drug-likeness (QED) is 0.707. The third-order valence-corrected chi connectivity index (χ3v) is 4.22. The number of ether oxygens (including phenoxy) is 1. The number of pyridine rings is 1. The molecule has 0 aliphatic carbocycles. The summed E-state index contributed by atoms with van der Waals surface area (Å²) < 4.78 is 5.11. The van der Waals surface area contributed by atoms with Crippen molar-refractivity contribution in [2.75, 3.05) is 23.9 Å². The Kier molecular flexibility index (Phi) is 6.01. The highest BCUT2D eigenvalue weighted by molar-refractivity contribution is 6.08. The van der Waals surface area contributed by atoms with Crippen LogP contribution >= 0.6 is 0 Å². The zero-order valence-electron chi connectivity index (χ0n) is 15.8. The summed E-state index contributed by atoms with van der Waals surface area (Å²) in [4.78, 5) is 31.2. The fourth-order valence-electron chi connectivity index (χ4n) is 2.76. The zero-order valence-corrected chi connectivity index (χ0v) is 15.8. The molecule has 0 spiro atoms. The van der Waals surface area contributed by atoms with Gasteiger partial charge in [-0.2, -0.15) is 0 Å². The maximum atomic E-state index is 12.9. The second-order valence-electron chi connectivity index (χ2n) is 6.00. The number of carbonyl (C=O) groups excluding carboxylic acids is 2. The molecule has 2 aromatic carbocycles. The Labute approximate surface area is 163 Å². The molecule has 0 radical (unpaired) electrons. The van der Waals surface area contributed by atoms with Crippen LogP contribution in [0.4, 0.5) is 11.4 Å². The van der Waals surface area contributed by atoms with Gasteiger partial charge in [-0.3, -0.25) is 14.6 Å². The highest BCUT2D eigenvalue weighted by atomic mass is 16.5. The minimum Gasteiger partial charge on any atom is -0.497 e. The van der Waals surface area contributed by atoms with E-state index in [4.69, 9.17) is 4.74 Å². The van der Waals surface area contributed by atoms with Crippen molar-refractivity contribution >= 4 is 23.2 Å². The van der Waals surface area contributed by atoms with E-state index >= 15 is 0 Å². The average molecular weight is 375 g/mol.